The second-order valence-electron chi connectivity index (χ2n) is 5.69. The van der Waals surface area contributed by atoms with Gasteiger partial charge in [-0.2, -0.15) is 0 Å². The van der Waals surface area contributed by atoms with Gasteiger partial charge in [0.15, 0.2) is 5.65 Å². The highest BCUT2D eigenvalue weighted by Crippen LogP contribution is 2.25. The molecule has 0 radical (unpaired) electrons. The summed E-state index contributed by atoms with van der Waals surface area (Å²) >= 11 is 1.50. The number of anilines is 1. The monoisotopic (exact) mass is 301 g/mol. The topological polar surface area (TPSA) is 72.2 Å². The molecule has 0 bridgehead atoms. The van der Waals surface area contributed by atoms with Gasteiger partial charge in [0.25, 0.3) is 5.91 Å². The zero-order valence-corrected chi connectivity index (χ0v) is 12.8. The molecule has 0 aliphatic rings. The van der Waals surface area contributed by atoms with E-state index in [9.17, 15) is 4.79 Å². The molecule has 0 unspecified atom stereocenters. The second-order valence-corrected chi connectivity index (χ2v) is 6.55. The fraction of sp³-hybridized carbons (Fsp3) is 0.286. The summed E-state index contributed by atoms with van der Waals surface area (Å²) in [6.45, 7) is 6.22. The molecule has 0 fully saturated rings. The Kier molecular flexibility index (Phi) is 3.21. The Balaban J connectivity index is 1.85. The van der Waals surface area contributed by atoms with Gasteiger partial charge < -0.3 is 5.32 Å². The number of amides is 1. The molecule has 0 spiro atoms. The van der Waals surface area contributed by atoms with Crippen LogP contribution >= 0.6 is 11.3 Å². The van der Waals surface area contributed by atoms with Gasteiger partial charge in [0, 0.05) is 23.2 Å². The minimum absolute atomic E-state index is 0.0574. The normalized spacial score (nSPS) is 11.8. The van der Waals surface area contributed by atoms with Crippen molar-refractivity contribution in [3.05, 3.63) is 40.9 Å². The van der Waals surface area contributed by atoms with Crippen molar-refractivity contribution in [2.24, 2.45) is 0 Å². The van der Waals surface area contributed by atoms with Gasteiger partial charge in [0.2, 0.25) is 0 Å². The van der Waals surface area contributed by atoms with Crippen LogP contribution in [-0.4, -0.2) is 25.3 Å². The maximum absolute atomic E-state index is 12.3. The van der Waals surface area contributed by atoms with Crippen LogP contribution in [0.15, 0.2) is 30.2 Å². The number of hydrogen-bond donors (Lipinski definition) is 1. The van der Waals surface area contributed by atoms with E-state index < -0.39 is 0 Å². The molecular weight excluding hydrogens is 286 g/mol. The molecule has 108 valence electrons. The molecule has 1 amide bonds. The lowest BCUT2D eigenvalue weighted by Gasteiger charge is -2.13. The van der Waals surface area contributed by atoms with Crippen LogP contribution in [0.4, 0.5) is 5.82 Å². The van der Waals surface area contributed by atoms with Crippen molar-refractivity contribution in [2.75, 3.05) is 5.32 Å². The third-order valence-electron chi connectivity index (χ3n) is 2.94. The maximum Gasteiger partial charge on any atom is 0.276 e. The van der Waals surface area contributed by atoms with Crippen molar-refractivity contribution in [3.63, 3.8) is 0 Å². The Labute approximate surface area is 125 Å². The first-order chi connectivity index (χ1) is 9.95. The molecule has 0 atom stereocenters. The van der Waals surface area contributed by atoms with Gasteiger partial charge in [-0.15, -0.1) is 11.3 Å². The van der Waals surface area contributed by atoms with Gasteiger partial charge in [-0.05, 0) is 0 Å². The Morgan fingerprint density at radius 3 is 2.86 bits per heavy atom. The predicted octanol–water partition coefficient (Wildman–Crippen LogP) is 2.74. The molecule has 0 aromatic carbocycles. The van der Waals surface area contributed by atoms with E-state index in [1.807, 2.05) is 0 Å². The number of rotatable bonds is 2. The van der Waals surface area contributed by atoms with E-state index in [-0.39, 0.29) is 11.3 Å². The Bertz CT molecular complexity index is 799. The quantitative estimate of drug-likeness (QED) is 0.790. The summed E-state index contributed by atoms with van der Waals surface area (Å²) in [6.07, 6.45) is 6.63. The van der Waals surface area contributed by atoms with Crippen LogP contribution in [-0.2, 0) is 5.41 Å². The summed E-state index contributed by atoms with van der Waals surface area (Å²) in [5, 5.41) is 5.54. The lowest BCUT2D eigenvalue weighted by Crippen LogP contribution is -2.15. The number of nitrogens with zero attached hydrogens (tertiary/aromatic N) is 4. The number of carbonyl (C=O) groups excluding carboxylic acids is 1. The van der Waals surface area contributed by atoms with Gasteiger partial charge in [0.05, 0.1) is 17.4 Å². The van der Waals surface area contributed by atoms with E-state index in [2.05, 4.69) is 41.0 Å². The molecule has 0 aliphatic heterocycles. The van der Waals surface area contributed by atoms with Crippen molar-refractivity contribution in [1.29, 1.82) is 0 Å². The molecule has 3 aromatic heterocycles. The van der Waals surface area contributed by atoms with Crippen LogP contribution in [0.5, 0.6) is 0 Å². The smallest absolute Gasteiger partial charge is 0.276 e. The molecule has 3 rings (SSSR count). The average Bonchev–Trinajstić information content (AvgIpc) is 3.05. The third-order valence-corrected chi connectivity index (χ3v) is 4.21. The zero-order valence-electron chi connectivity index (χ0n) is 12.0. The van der Waals surface area contributed by atoms with E-state index in [0.29, 0.717) is 17.2 Å². The first kappa shape index (κ1) is 13.7. The molecule has 3 aromatic rings. The van der Waals surface area contributed by atoms with Crippen LogP contribution < -0.4 is 5.32 Å². The number of thiazole rings is 1. The summed E-state index contributed by atoms with van der Waals surface area (Å²) in [6, 6.07) is 0. The second kappa shape index (κ2) is 4.92. The molecule has 0 aliphatic carbocycles. The first-order valence-corrected chi connectivity index (χ1v) is 7.37. The van der Waals surface area contributed by atoms with Gasteiger partial charge in [0.1, 0.15) is 11.5 Å². The molecule has 1 N–H and O–H groups in total. The van der Waals surface area contributed by atoms with Crippen molar-refractivity contribution in [2.45, 2.75) is 26.2 Å². The highest BCUT2D eigenvalue weighted by Gasteiger charge is 2.20. The SMILES string of the molecule is CC(C)(C)c1nc(C(=O)Nc2cnc3cnccn23)cs1. The predicted molar refractivity (Wildman–Crippen MR) is 81.8 cm³/mol. The van der Waals surface area contributed by atoms with Gasteiger partial charge in [-0.1, -0.05) is 20.8 Å². The van der Waals surface area contributed by atoms with Crippen LogP contribution in [0, 0.1) is 0 Å². The first-order valence-electron chi connectivity index (χ1n) is 6.49. The number of fused-ring (bicyclic) bond motifs is 1. The number of carbonyl (C=O) groups is 1. The molecule has 0 saturated carbocycles. The average molecular weight is 301 g/mol. The molecule has 7 heteroatoms. The van der Waals surface area contributed by atoms with Crippen molar-refractivity contribution in [1.82, 2.24) is 19.4 Å². The van der Waals surface area contributed by atoms with E-state index in [4.69, 9.17) is 0 Å². The van der Waals surface area contributed by atoms with Crippen molar-refractivity contribution >= 4 is 28.7 Å². The molecule has 0 saturated heterocycles. The number of nitrogens with one attached hydrogen (secondary N) is 1. The summed E-state index contributed by atoms with van der Waals surface area (Å²) in [5.41, 5.74) is 1.05. The lowest BCUT2D eigenvalue weighted by atomic mass is 9.98. The zero-order chi connectivity index (χ0) is 15.0. The fourth-order valence-corrected chi connectivity index (χ4v) is 2.73. The largest absolute Gasteiger partial charge is 0.305 e. The maximum atomic E-state index is 12.3. The van der Waals surface area contributed by atoms with Crippen molar-refractivity contribution < 1.29 is 4.79 Å². The van der Waals surface area contributed by atoms with Crippen LogP contribution in [0.1, 0.15) is 36.3 Å². The van der Waals surface area contributed by atoms with Gasteiger partial charge >= 0.3 is 0 Å². The highest BCUT2D eigenvalue weighted by molar-refractivity contribution is 7.10. The van der Waals surface area contributed by atoms with E-state index in [1.54, 1.807) is 34.6 Å². The highest BCUT2D eigenvalue weighted by atomic mass is 32.1. The van der Waals surface area contributed by atoms with Gasteiger partial charge in [-0.3, -0.25) is 14.2 Å². The number of imidazole rings is 1. The Morgan fingerprint density at radius 1 is 1.33 bits per heavy atom. The van der Waals surface area contributed by atoms with Crippen LogP contribution in [0.3, 0.4) is 0 Å². The molecule has 6 nitrogen and oxygen atoms in total. The lowest BCUT2D eigenvalue weighted by molar-refractivity contribution is 0.102. The summed E-state index contributed by atoms with van der Waals surface area (Å²) in [7, 11) is 0. The van der Waals surface area contributed by atoms with E-state index in [1.165, 1.54) is 11.3 Å². The summed E-state index contributed by atoms with van der Waals surface area (Å²) in [5.74, 6) is 0.364. The molecule has 3 heterocycles. The molecular formula is C14H15N5OS. The number of aromatic nitrogens is 4. The summed E-state index contributed by atoms with van der Waals surface area (Å²) < 4.78 is 1.77. The van der Waals surface area contributed by atoms with Crippen molar-refractivity contribution in [3.8, 4) is 0 Å². The van der Waals surface area contributed by atoms with Crippen LogP contribution in [0.2, 0.25) is 0 Å². The third kappa shape index (κ3) is 2.64. The standard InChI is InChI=1S/C14H15N5OS/c1-14(2,3)13-17-9(8-21-13)12(20)18-11-7-16-10-6-15-4-5-19(10)11/h4-8H,1-3H3,(H,18,20). The molecule has 21 heavy (non-hydrogen) atoms. The minimum atomic E-state index is -0.236. The van der Waals surface area contributed by atoms with E-state index >= 15 is 0 Å². The van der Waals surface area contributed by atoms with Crippen LogP contribution in [0.25, 0.3) is 5.65 Å². The number of hydrogen-bond acceptors (Lipinski definition) is 5. The van der Waals surface area contributed by atoms with E-state index in [0.717, 1.165) is 5.01 Å². The summed E-state index contributed by atoms with van der Waals surface area (Å²) in [4.78, 5) is 24.8. The fourth-order valence-electron chi connectivity index (χ4n) is 1.84. The Morgan fingerprint density at radius 2 is 2.14 bits per heavy atom. The Hall–Kier alpha value is -2.28. The minimum Gasteiger partial charge on any atom is -0.305 e. The van der Waals surface area contributed by atoms with Gasteiger partial charge in [-0.25, -0.2) is 9.97 Å².